The molecule has 3 nitrogen and oxygen atoms in total. The Kier molecular flexibility index (Phi) is 4.12. The first-order valence-electron chi connectivity index (χ1n) is 6.87. The summed E-state index contributed by atoms with van der Waals surface area (Å²) in [7, 11) is 0. The van der Waals surface area contributed by atoms with Crippen molar-refractivity contribution in [3.63, 3.8) is 0 Å². The van der Waals surface area contributed by atoms with Crippen molar-refractivity contribution >= 4 is 5.82 Å². The van der Waals surface area contributed by atoms with E-state index in [0.717, 1.165) is 23.9 Å². The maximum Gasteiger partial charge on any atom is 0.127 e. The molecule has 3 heteroatoms. The highest BCUT2D eigenvalue weighted by atomic mass is 16.5. The summed E-state index contributed by atoms with van der Waals surface area (Å²) in [6.07, 6.45) is 1.78. The summed E-state index contributed by atoms with van der Waals surface area (Å²) in [6, 6.07) is 23.6. The van der Waals surface area contributed by atoms with E-state index in [2.05, 4.69) is 10.3 Å². The summed E-state index contributed by atoms with van der Waals surface area (Å²) in [4.78, 5) is 4.23. The topological polar surface area (TPSA) is 34.1 Å². The third-order valence-electron chi connectivity index (χ3n) is 3.04. The van der Waals surface area contributed by atoms with Crippen LogP contribution in [0.15, 0.2) is 79.0 Å². The zero-order valence-electron chi connectivity index (χ0n) is 11.6. The molecule has 0 bridgehead atoms. The normalized spacial score (nSPS) is 10.1. The number of hydrogen-bond donors (Lipinski definition) is 1. The fourth-order valence-electron chi connectivity index (χ4n) is 1.96. The quantitative estimate of drug-likeness (QED) is 0.745. The van der Waals surface area contributed by atoms with Gasteiger partial charge in [0.25, 0.3) is 0 Å². The van der Waals surface area contributed by atoms with Crippen molar-refractivity contribution in [1.82, 2.24) is 4.98 Å². The van der Waals surface area contributed by atoms with Crippen molar-refractivity contribution in [2.24, 2.45) is 0 Å². The second-order valence-corrected chi connectivity index (χ2v) is 4.63. The van der Waals surface area contributed by atoms with Gasteiger partial charge in [-0.3, -0.25) is 0 Å². The molecule has 3 rings (SSSR count). The van der Waals surface area contributed by atoms with Gasteiger partial charge in [0, 0.05) is 12.7 Å². The predicted molar refractivity (Wildman–Crippen MR) is 84.5 cm³/mol. The molecular weight excluding hydrogens is 260 g/mol. The fraction of sp³-hybridized carbons (Fsp3) is 0.0556. The lowest BCUT2D eigenvalue weighted by molar-refractivity contribution is 0.482. The van der Waals surface area contributed by atoms with Gasteiger partial charge in [0.1, 0.15) is 17.3 Å². The molecule has 0 amide bonds. The van der Waals surface area contributed by atoms with Crippen molar-refractivity contribution in [3.8, 4) is 11.5 Å². The smallest absolute Gasteiger partial charge is 0.127 e. The highest BCUT2D eigenvalue weighted by Crippen LogP contribution is 2.21. The predicted octanol–water partition coefficient (Wildman–Crippen LogP) is 4.49. The summed E-state index contributed by atoms with van der Waals surface area (Å²) in [6.45, 7) is 0.739. The molecule has 0 fully saturated rings. The number of nitrogens with one attached hydrogen (secondary N) is 1. The van der Waals surface area contributed by atoms with E-state index >= 15 is 0 Å². The first kappa shape index (κ1) is 13.2. The van der Waals surface area contributed by atoms with E-state index in [0.29, 0.717) is 0 Å². The van der Waals surface area contributed by atoms with Gasteiger partial charge in [-0.15, -0.1) is 0 Å². The Morgan fingerprint density at radius 2 is 1.48 bits per heavy atom. The molecule has 2 aromatic carbocycles. The molecule has 1 aromatic heterocycles. The highest BCUT2D eigenvalue weighted by Gasteiger charge is 1.98. The molecule has 0 aliphatic heterocycles. The largest absolute Gasteiger partial charge is 0.457 e. The van der Waals surface area contributed by atoms with Crippen LogP contribution in [0.1, 0.15) is 5.56 Å². The molecule has 0 aliphatic rings. The summed E-state index contributed by atoms with van der Waals surface area (Å²) in [5.74, 6) is 2.56. The lowest BCUT2D eigenvalue weighted by Crippen LogP contribution is -2.00. The molecule has 1 heterocycles. The third-order valence-corrected chi connectivity index (χ3v) is 3.04. The number of benzene rings is 2. The van der Waals surface area contributed by atoms with Crippen LogP contribution in [0, 0.1) is 0 Å². The second-order valence-electron chi connectivity index (χ2n) is 4.63. The third kappa shape index (κ3) is 3.83. The number of rotatable bonds is 5. The Hall–Kier alpha value is -2.81. The van der Waals surface area contributed by atoms with Crippen molar-refractivity contribution in [2.75, 3.05) is 5.32 Å². The van der Waals surface area contributed by atoms with E-state index in [1.807, 2.05) is 72.8 Å². The summed E-state index contributed by atoms with van der Waals surface area (Å²) in [5.41, 5.74) is 1.18. The molecule has 0 aliphatic carbocycles. The van der Waals surface area contributed by atoms with Crippen LogP contribution in [0.3, 0.4) is 0 Å². The number of pyridine rings is 1. The van der Waals surface area contributed by atoms with Gasteiger partial charge in [-0.2, -0.15) is 0 Å². The molecule has 0 saturated heterocycles. The molecule has 0 atom stereocenters. The molecule has 21 heavy (non-hydrogen) atoms. The van der Waals surface area contributed by atoms with Gasteiger partial charge in [-0.1, -0.05) is 36.4 Å². The Morgan fingerprint density at radius 1 is 0.762 bits per heavy atom. The van der Waals surface area contributed by atoms with Crippen molar-refractivity contribution < 1.29 is 4.74 Å². The average Bonchev–Trinajstić information content (AvgIpc) is 2.56. The highest BCUT2D eigenvalue weighted by molar-refractivity contribution is 5.37. The summed E-state index contributed by atoms with van der Waals surface area (Å²) >= 11 is 0. The Balaban J connectivity index is 1.59. The number of anilines is 1. The van der Waals surface area contributed by atoms with Crippen LogP contribution in [0.5, 0.6) is 11.5 Å². The molecule has 0 spiro atoms. The lowest BCUT2D eigenvalue weighted by Gasteiger charge is -2.08. The number of nitrogens with zero attached hydrogens (tertiary/aromatic N) is 1. The van der Waals surface area contributed by atoms with E-state index in [4.69, 9.17) is 4.74 Å². The Morgan fingerprint density at radius 3 is 2.19 bits per heavy atom. The van der Waals surface area contributed by atoms with Crippen LogP contribution in [0.25, 0.3) is 0 Å². The van der Waals surface area contributed by atoms with Gasteiger partial charge < -0.3 is 10.1 Å². The van der Waals surface area contributed by atoms with Crippen molar-refractivity contribution in [2.45, 2.75) is 6.54 Å². The van der Waals surface area contributed by atoms with E-state index in [1.165, 1.54) is 5.56 Å². The van der Waals surface area contributed by atoms with E-state index < -0.39 is 0 Å². The van der Waals surface area contributed by atoms with Gasteiger partial charge in [-0.25, -0.2) is 4.98 Å². The number of hydrogen-bond acceptors (Lipinski definition) is 3. The molecule has 104 valence electrons. The molecule has 0 unspecified atom stereocenters. The van der Waals surface area contributed by atoms with Crippen molar-refractivity contribution in [1.29, 1.82) is 0 Å². The molecular formula is C18H16N2O. The van der Waals surface area contributed by atoms with Crippen LogP contribution >= 0.6 is 0 Å². The van der Waals surface area contributed by atoms with Crippen molar-refractivity contribution in [3.05, 3.63) is 84.6 Å². The monoisotopic (exact) mass is 276 g/mol. The molecule has 0 saturated carbocycles. The maximum atomic E-state index is 5.76. The zero-order valence-corrected chi connectivity index (χ0v) is 11.6. The number of aromatic nitrogens is 1. The first-order valence-corrected chi connectivity index (χ1v) is 6.87. The minimum atomic E-state index is 0.739. The Bertz CT molecular complexity index is 667. The van der Waals surface area contributed by atoms with Gasteiger partial charge in [0.15, 0.2) is 0 Å². The molecule has 3 aromatic rings. The van der Waals surface area contributed by atoms with Crippen LogP contribution in [-0.4, -0.2) is 4.98 Å². The van der Waals surface area contributed by atoms with E-state index in [1.54, 1.807) is 6.20 Å². The summed E-state index contributed by atoms with van der Waals surface area (Å²) < 4.78 is 5.76. The van der Waals surface area contributed by atoms with Crippen LogP contribution < -0.4 is 10.1 Å². The van der Waals surface area contributed by atoms with E-state index in [9.17, 15) is 0 Å². The fourth-order valence-corrected chi connectivity index (χ4v) is 1.96. The second kappa shape index (κ2) is 6.57. The molecule has 1 N–H and O–H groups in total. The summed E-state index contributed by atoms with van der Waals surface area (Å²) in [5, 5.41) is 3.28. The SMILES string of the molecule is c1ccc(Oc2ccc(CNc3ccccn3)cc2)cc1. The van der Waals surface area contributed by atoms with Crippen LogP contribution in [0.2, 0.25) is 0 Å². The van der Waals surface area contributed by atoms with Crippen LogP contribution in [0.4, 0.5) is 5.82 Å². The molecule has 0 radical (unpaired) electrons. The van der Waals surface area contributed by atoms with Crippen LogP contribution in [-0.2, 0) is 6.54 Å². The first-order chi connectivity index (χ1) is 10.4. The number of para-hydroxylation sites is 1. The van der Waals surface area contributed by atoms with E-state index in [-0.39, 0.29) is 0 Å². The zero-order chi connectivity index (χ0) is 14.3. The number of ether oxygens (including phenoxy) is 1. The Labute approximate surface area is 124 Å². The van der Waals surface area contributed by atoms with Gasteiger partial charge in [0.2, 0.25) is 0 Å². The van der Waals surface area contributed by atoms with Gasteiger partial charge in [-0.05, 0) is 42.0 Å². The minimum absolute atomic E-state index is 0.739. The maximum absolute atomic E-state index is 5.76. The standard InChI is InChI=1S/C18H16N2O/c1-2-6-16(7-3-1)21-17-11-9-15(10-12-17)14-20-18-8-4-5-13-19-18/h1-13H,14H2,(H,19,20). The lowest BCUT2D eigenvalue weighted by atomic mass is 10.2. The van der Waals surface area contributed by atoms with Gasteiger partial charge >= 0.3 is 0 Å². The van der Waals surface area contributed by atoms with Gasteiger partial charge in [0.05, 0.1) is 0 Å². The average molecular weight is 276 g/mol. The minimum Gasteiger partial charge on any atom is -0.457 e.